The Morgan fingerprint density at radius 3 is 2.59 bits per heavy atom. The van der Waals surface area contributed by atoms with Crippen molar-refractivity contribution in [2.75, 3.05) is 6.61 Å². The molecule has 0 aliphatic carbocycles. The van der Waals surface area contributed by atoms with E-state index in [4.69, 9.17) is 4.74 Å². The summed E-state index contributed by atoms with van der Waals surface area (Å²) >= 11 is 0. The summed E-state index contributed by atoms with van der Waals surface area (Å²) in [6.45, 7) is 5.96. The monoisotopic (exact) mass is 307 g/mol. The van der Waals surface area contributed by atoms with Crippen LogP contribution in [0.5, 0.6) is 5.75 Å². The molecule has 1 aromatic carbocycles. The van der Waals surface area contributed by atoms with Crippen LogP contribution in [0.1, 0.15) is 50.4 Å². The Bertz CT molecular complexity index is 499. The van der Waals surface area contributed by atoms with Crippen LogP contribution >= 0.6 is 0 Å². The van der Waals surface area contributed by atoms with Crippen molar-refractivity contribution >= 4 is 11.9 Å². The number of carbonyl (C=O) groups is 2. The van der Waals surface area contributed by atoms with Gasteiger partial charge in [0.25, 0.3) is 5.91 Å². The van der Waals surface area contributed by atoms with Crippen LogP contribution in [-0.4, -0.2) is 29.6 Å². The number of hydrogen-bond acceptors (Lipinski definition) is 4. The molecule has 1 unspecified atom stereocenters. The van der Waals surface area contributed by atoms with Gasteiger partial charge in [-0.25, -0.2) is 4.79 Å². The van der Waals surface area contributed by atoms with E-state index in [0.717, 1.165) is 19.3 Å². The fraction of sp³-hybridized carbons (Fsp3) is 0.529. The minimum atomic E-state index is -0.626. The van der Waals surface area contributed by atoms with Crippen LogP contribution in [0.25, 0.3) is 0 Å². The number of benzene rings is 1. The maximum atomic E-state index is 11.7. The second kappa shape index (κ2) is 9.07. The lowest BCUT2D eigenvalue weighted by Crippen LogP contribution is -2.35. The van der Waals surface area contributed by atoms with Crippen molar-refractivity contribution in [3.05, 3.63) is 29.8 Å². The predicted octanol–water partition coefficient (Wildman–Crippen LogP) is 2.88. The van der Waals surface area contributed by atoms with Gasteiger partial charge in [-0.3, -0.25) is 4.79 Å². The Morgan fingerprint density at radius 2 is 1.95 bits per heavy atom. The van der Waals surface area contributed by atoms with E-state index >= 15 is 0 Å². The first-order valence-electron chi connectivity index (χ1n) is 7.64. The Hall–Kier alpha value is -2.04. The highest BCUT2D eigenvalue weighted by Crippen LogP contribution is 2.12. The Kier molecular flexibility index (Phi) is 7.43. The number of esters is 1. The number of rotatable bonds is 8. The lowest BCUT2D eigenvalue weighted by atomic mass is 10.0. The summed E-state index contributed by atoms with van der Waals surface area (Å²) in [5, 5.41) is 12.1. The Balaban J connectivity index is 2.29. The highest BCUT2D eigenvalue weighted by molar-refractivity contribution is 5.91. The van der Waals surface area contributed by atoms with Gasteiger partial charge in [0.15, 0.2) is 6.61 Å². The van der Waals surface area contributed by atoms with E-state index in [9.17, 15) is 14.7 Å². The van der Waals surface area contributed by atoms with Gasteiger partial charge >= 0.3 is 5.97 Å². The summed E-state index contributed by atoms with van der Waals surface area (Å²) < 4.78 is 4.93. The molecule has 1 rings (SSSR count). The molecule has 0 heterocycles. The average Bonchev–Trinajstić information content (AvgIpc) is 2.44. The first-order valence-corrected chi connectivity index (χ1v) is 7.64. The van der Waals surface area contributed by atoms with E-state index in [0.29, 0.717) is 5.92 Å². The summed E-state index contributed by atoms with van der Waals surface area (Å²) in [7, 11) is 0. The number of phenolic OH excluding ortho intramolecular Hbond substituents is 1. The molecular weight excluding hydrogens is 282 g/mol. The molecule has 5 nitrogen and oxygen atoms in total. The molecule has 1 amide bonds. The topological polar surface area (TPSA) is 75.6 Å². The van der Waals surface area contributed by atoms with Crippen LogP contribution in [0.4, 0.5) is 0 Å². The largest absolute Gasteiger partial charge is 0.508 e. The quantitative estimate of drug-likeness (QED) is 0.724. The summed E-state index contributed by atoms with van der Waals surface area (Å²) in [5.41, 5.74) is 0.220. The van der Waals surface area contributed by atoms with Crippen LogP contribution < -0.4 is 5.32 Å². The molecule has 1 atom stereocenters. The number of amides is 1. The van der Waals surface area contributed by atoms with Gasteiger partial charge in [0.05, 0.1) is 5.56 Å². The molecule has 0 aliphatic rings. The highest BCUT2D eigenvalue weighted by Gasteiger charge is 2.12. The smallest absolute Gasteiger partial charge is 0.338 e. The molecular formula is C17H25NO4. The van der Waals surface area contributed by atoms with Crippen molar-refractivity contribution in [1.82, 2.24) is 5.32 Å². The third-order valence-electron chi connectivity index (χ3n) is 3.24. The van der Waals surface area contributed by atoms with Gasteiger partial charge in [-0.15, -0.1) is 0 Å². The molecule has 0 aliphatic heterocycles. The summed E-state index contributed by atoms with van der Waals surface area (Å²) in [6.07, 6.45) is 3.10. The number of carbonyl (C=O) groups excluding carboxylic acids is 2. The zero-order valence-electron chi connectivity index (χ0n) is 13.5. The van der Waals surface area contributed by atoms with Crippen LogP contribution in [0.3, 0.4) is 0 Å². The Morgan fingerprint density at radius 1 is 1.23 bits per heavy atom. The lowest BCUT2D eigenvalue weighted by Gasteiger charge is -2.14. The average molecular weight is 307 g/mol. The summed E-state index contributed by atoms with van der Waals surface area (Å²) in [4.78, 5) is 23.4. The molecule has 0 bridgehead atoms. The number of phenols is 1. The van der Waals surface area contributed by atoms with E-state index in [1.54, 1.807) is 6.07 Å². The van der Waals surface area contributed by atoms with Gasteiger partial charge < -0.3 is 15.2 Å². The Labute approximate surface area is 131 Å². The van der Waals surface area contributed by atoms with Crippen LogP contribution in [-0.2, 0) is 9.53 Å². The van der Waals surface area contributed by atoms with Gasteiger partial charge in [-0.1, -0.05) is 32.8 Å². The number of ether oxygens (including phenoxy) is 1. The third-order valence-corrected chi connectivity index (χ3v) is 3.24. The zero-order chi connectivity index (χ0) is 16.5. The van der Waals surface area contributed by atoms with Crippen LogP contribution in [0.15, 0.2) is 24.3 Å². The second-order valence-corrected chi connectivity index (χ2v) is 5.92. The van der Waals surface area contributed by atoms with Crippen LogP contribution in [0, 0.1) is 5.92 Å². The number of aromatic hydroxyl groups is 1. The highest BCUT2D eigenvalue weighted by atomic mass is 16.5. The van der Waals surface area contributed by atoms with Gasteiger partial charge in [0, 0.05) is 6.04 Å². The summed E-state index contributed by atoms with van der Waals surface area (Å²) in [5.74, 6) is -0.298. The molecule has 2 N–H and O–H groups in total. The molecule has 22 heavy (non-hydrogen) atoms. The van der Waals surface area contributed by atoms with Gasteiger partial charge in [0.2, 0.25) is 0 Å². The number of nitrogens with one attached hydrogen (secondary N) is 1. The number of hydrogen-bond donors (Lipinski definition) is 2. The van der Waals surface area contributed by atoms with Crippen molar-refractivity contribution < 1.29 is 19.4 Å². The molecule has 5 heteroatoms. The first-order chi connectivity index (χ1) is 10.4. The fourth-order valence-electron chi connectivity index (χ4n) is 2.07. The van der Waals surface area contributed by atoms with E-state index in [1.165, 1.54) is 18.2 Å². The predicted molar refractivity (Wildman–Crippen MR) is 84.7 cm³/mol. The molecule has 0 saturated carbocycles. The maximum Gasteiger partial charge on any atom is 0.338 e. The van der Waals surface area contributed by atoms with Crippen molar-refractivity contribution in [2.45, 2.75) is 46.1 Å². The molecule has 0 radical (unpaired) electrons. The third kappa shape index (κ3) is 7.11. The first kappa shape index (κ1) is 18.0. The minimum Gasteiger partial charge on any atom is -0.508 e. The zero-order valence-corrected chi connectivity index (χ0v) is 13.5. The lowest BCUT2D eigenvalue weighted by molar-refractivity contribution is -0.124. The molecule has 0 fully saturated rings. The molecule has 1 aromatic rings. The van der Waals surface area contributed by atoms with E-state index in [1.807, 2.05) is 6.92 Å². The van der Waals surface area contributed by atoms with Gasteiger partial charge in [0.1, 0.15) is 5.75 Å². The van der Waals surface area contributed by atoms with Crippen LogP contribution in [0.2, 0.25) is 0 Å². The normalized spacial score (nSPS) is 12.0. The van der Waals surface area contributed by atoms with E-state index in [2.05, 4.69) is 19.2 Å². The molecule has 122 valence electrons. The fourth-order valence-corrected chi connectivity index (χ4v) is 2.07. The van der Waals surface area contributed by atoms with Crippen molar-refractivity contribution in [2.24, 2.45) is 5.92 Å². The molecule has 0 saturated heterocycles. The van der Waals surface area contributed by atoms with Gasteiger partial charge in [-0.2, -0.15) is 0 Å². The van der Waals surface area contributed by atoms with Crippen molar-refractivity contribution in [3.63, 3.8) is 0 Å². The second-order valence-electron chi connectivity index (χ2n) is 5.92. The van der Waals surface area contributed by atoms with E-state index < -0.39 is 5.97 Å². The standard InChI is InChI=1S/C17H25NO4/c1-12(2)6-4-7-13(3)18-16(20)11-22-17(21)14-8-5-9-15(19)10-14/h5,8-10,12-13,19H,4,6-7,11H2,1-3H3,(H,18,20). The SMILES string of the molecule is CC(C)CCCC(C)NC(=O)COC(=O)c1cccc(O)c1. The van der Waals surface area contributed by atoms with Crippen molar-refractivity contribution in [3.8, 4) is 5.75 Å². The summed E-state index contributed by atoms with van der Waals surface area (Å²) in [6, 6.07) is 5.89. The molecule has 0 spiro atoms. The van der Waals surface area contributed by atoms with E-state index in [-0.39, 0.29) is 29.9 Å². The minimum absolute atomic E-state index is 0.0160. The van der Waals surface area contributed by atoms with Gasteiger partial charge in [-0.05, 0) is 37.5 Å². The maximum absolute atomic E-state index is 11.7. The molecule has 0 aromatic heterocycles. The van der Waals surface area contributed by atoms with Crippen molar-refractivity contribution in [1.29, 1.82) is 0 Å².